The lowest BCUT2D eigenvalue weighted by atomic mass is 9.99. The second-order valence-electron chi connectivity index (χ2n) is 6.44. The Morgan fingerprint density at radius 3 is 3.00 bits per heavy atom. The number of aromatic nitrogens is 1. The lowest BCUT2D eigenvalue weighted by Crippen LogP contribution is -2.41. The molecule has 1 aliphatic rings. The average Bonchev–Trinajstić information content (AvgIpc) is 3.10. The number of ether oxygens (including phenoxy) is 1. The smallest absolute Gasteiger partial charge is 0.260 e. The van der Waals surface area contributed by atoms with E-state index in [0.717, 1.165) is 29.9 Å². The summed E-state index contributed by atoms with van der Waals surface area (Å²) in [6.07, 6.45) is 1.99. The normalized spacial score (nSPS) is 17.4. The molecule has 1 amide bonds. The van der Waals surface area contributed by atoms with Crippen molar-refractivity contribution in [3.8, 4) is 5.75 Å². The molecule has 0 unspecified atom stereocenters. The highest BCUT2D eigenvalue weighted by Crippen LogP contribution is 2.33. The van der Waals surface area contributed by atoms with E-state index in [1.54, 1.807) is 23.5 Å². The van der Waals surface area contributed by atoms with Gasteiger partial charge in [-0.15, -0.1) is 11.3 Å². The average molecular weight is 370 g/mol. The van der Waals surface area contributed by atoms with Crippen LogP contribution in [0.4, 0.5) is 4.39 Å². The predicted octanol–water partition coefficient (Wildman–Crippen LogP) is 4.22. The molecule has 0 aliphatic carbocycles. The van der Waals surface area contributed by atoms with Crippen LogP contribution in [-0.4, -0.2) is 35.5 Å². The molecule has 0 spiro atoms. The molecule has 0 saturated carbocycles. The number of benzene rings is 2. The van der Waals surface area contributed by atoms with Gasteiger partial charge in [0.2, 0.25) is 0 Å². The number of carbonyl (C=O) groups is 1. The highest BCUT2D eigenvalue weighted by Gasteiger charge is 2.27. The van der Waals surface area contributed by atoms with Crippen LogP contribution < -0.4 is 4.74 Å². The minimum atomic E-state index is -0.371. The third-order valence-electron chi connectivity index (χ3n) is 4.59. The third-order valence-corrected chi connectivity index (χ3v) is 5.79. The molecular weight excluding hydrogens is 351 g/mol. The number of hydrogen-bond acceptors (Lipinski definition) is 4. The van der Waals surface area contributed by atoms with E-state index in [9.17, 15) is 9.18 Å². The molecule has 134 valence electrons. The molecular formula is C20H19FN2O2S. The van der Waals surface area contributed by atoms with Gasteiger partial charge in [0.25, 0.3) is 5.91 Å². The van der Waals surface area contributed by atoms with Gasteiger partial charge in [0, 0.05) is 25.1 Å². The van der Waals surface area contributed by atoms with Gasteiger partial charge in [-0.2, -0.15) is 0 Å². The zero-order valence-corrected chi connectivity index (χ0v) is 15.0. The zero-order chi connectivity index (χ0) is 17.9. The summed E-state index contributed by atoms with van der Waals surface area (Å²) in [4.78, 5) is 19.1. The number of amides is 1. The molecule has 0 N–H and O–H groups in total. The Morgan fingerprint density at radius 1 is 1.27 bits per heavy atom. The number of halogens is 1. The van der Waals surface area contributed by atoms with E-state index in [1.807, 2.05) is 23.1 Å². The summed E-state index contributed by atoms with van der Waals surface area (Å²) in [5, 5.41) is 1.09. The molecule has 4 rings (SSSR count). The van der Waals surface area contributed by atoms with Crippen molar-refractivity contribution in [3.63, 3.8) is 0 Å². The van der Waals surface area contributed by atoms with E-state index >= 15 is 0 Å². The number of piperidine rings is 1. The SMILES string of the molecule is O=C(COc1cccc(F)c1)N1CCC[C@H](c2nc3ccccc3s2)C1. The fourth-order valence-corrected chi connectivity index (χ4v) is 4.36. The van der Waals surface area contributed by atoms with Gasteiger partial charge < -0.3 is 9.64 Å². The first-order valence-corrected chi connectivity index (χ1v) is 9.52. The number of nitrogens with zero attached hydrogens (tertiary/aromatic N) is 2. The van der Waals surface area contributed by atoms with E-state index in [1.165, 1.54) is 16.8 Å². The molecule has 2 aromatic carbocycles. The first-order chi connectivity index (χ1) is 12.7. The van der Waals surface area contributed by atoms with Crippen molar-refractivity contribution in [2.24, 2.45) is 0 Å². The largest absolute Gasteiger partial charge is 0.484 e. The number of para-hydroxylation sites is 1. The molecule has 1 saturated heterocycles. The third kappa shape index (κ3) is 3.70. The van der Waals surface area contributed by atoms with Crippen molar-refractivity contribution >= 4 is 27.5 Å². The number of thiazole rings is 1. The molecule has 26 heavy (non-hydrogen) atoms. The van der Waals surface area contributed by atoms with Crippen molar-refractivity contribution < 1.29 is 13.9 Å². The number of rotatable bonds is 4. The Morgan fingerprint density at radius 2 is 2.15 bits per heavy atom. The molecule has 0 bridgehead atoms. The lowest BCUT2D eigenvalue weighted by Gasteiger charge is -2.31. The molecule has 6 heteroatoms. The van der Waals surface area contributed by atoms with Crippen molar-refractivity contribution in [1.82, 2.24) is 9.88 Å². The summed E-state index contributed by atoms with van der Waals surface area (Å²) >= 11 is 1.71. The fourth-order valence-electron chi connectivity index (χ4n) is 3.26. The quantitative estimate of drug-likeness (QED) is 0.691. The minimum Gasteiger partial charge on any atom is -0.484 e. The van der Waals surface area contributed by atoms with E-state index < -0.39 is 0 Å². The molecule has 2 heterocycles. The topological polar surface area (TPSA) is 42.4 Å². The first kappa shape index (κ1) is 17.0. The molecule has 1 aliphatic heterocycles. The van der Waals surface area contributed by atoms with Gasteiger partial charge in [-0.1, -0.05) is 18.2 Å². The van der Waals surface area contributed by atoms with Crippen molar-refractivity contribution in [2.75, 3.05) is 19.7 Å². The molecule has 0 radical (unpaired) electrons. The summed E-state index contributed by atoms with van der Waals surface area (Å²) in [5.74, 6) is 0.196. The Labute approximate surface area is 155 Å². The van der Waals surface area contributed by atoms with Crippen molar-refractivity contribution in [3.05, 3.63) is 59.4 Å². The summed E-state index contributed by atoms with van der Waals surface area (Å²) in [6.45, 7) is 1.31. The Balaban J connectivity index is 1.40. The second kappa shape index (κ2) is 7.41. The van der Waals surface area contributed by atoms with Gasteiger partial charge in [0.05, 0.1) is 15.2 Å². The van der Waals surface area contributed by atoms with Gasteiger partial charge >= 0.3 is 0 Å². The van der Waals surface area contributed by atoms with Crippen LogP contribution in [0.3, 0.4) is 0 Å². The number of fused-ring (bicyclic) bond motifs is 1. The second-order valence-corrected chi connectivity index (χ2v) is 7.51. The highest BCUT2D eigenvalue weighted by molar-refractivity contribution is 7.18. The van der Waals surface area contributed by atoms with Crippen LogP contribution in [-0.2, 0) is 4.79 Å². The van der Waals surface area contributed by atoms with Gasteiger partial charge in [-0.3, -0.25) is 4.79 Å². The highest BCUT2D eigenvalue weighted by atomic mass is 32.1. The first-order valence-electron chi connectivity index (χ1n) is 8.70. The maximum absolute atomic E-state index is 13.2. The van der Waals surface area contributed by atoms with E-state index in [-0.39, 0.29) is 24.2 Å². The fraction of sp³-hybridized carbons (Fsp3) is 0.300. The van der Waals surface area contributed by atoms with Crippen LogP contribution in [0.25, 0.3) is 10.2 Å². The predicted molar refractivity (Wildman–Crippen MR) is 100 cm³/mol. The van der Waals surface area contributed by atoms with E-state index in [4.69, 9.17) is 9.72 Å². The summed E-state index contributed by atoms with van der Waals surface area (Å²) in [6, 6.07) is 14.0. The molecule has 1 atom stereocenters. The van der Waals surface area contributed by atoms with E-state index in [0.29, 0.717) is 12.3 Å². The van der Waals surface area contributed by atoms with Crippen molar-refractivity contribution in [2.45, 2.75) is 18.8 Å². The lowest BCUT2D eigenvalue weighted by molar-refractivity contribution is -0.134. The molecule has 4 nitrogen and oxygen atoms in total. The summed E-state index contributed by atoms with van der Waals surface area (Å²) in [7, 11) is 0. The molecule has 1 aromatic heterocycles. The van der Waals surface area contributed by atoms with Crippen LogP contribution in [0.2, 0.25) is 0 Å². The van der Waals surface area contributed by atoms with Gasteiger partial charge in [0.15, 0.2) is 6.61 Å². The van der Waals surface area contributed by atoms with Gasteiger partial charge in [-0.05, 0) is 37.1 Å². The van der Waals surface area contributed by atoms with Crippen LogP contribution in [0.5, 0.6) is 5.75 Å². The summed E-state index contributed by atoms with van der Waals surface area (Å²) in [5.41, 5.74) is 1.02. The van der Waals surface area contributed by atoms with Gasteiger partial charge in [-0.25, -0.2) is 9.37 Å². The standard InChI is InChI=1S/C20H19FN2O2S/c21-15-6-3-7-16(11-15)25-13-19(24)23-10-4-5-14(12-23)20-22-17-8-1-2-9-18(17)26-20/h1-3,6-9,11,14H,4-5,10,12-13H2/t14-/m0/s1. The number of carbonyl (C=O) groups excluding carboxylic acids is 1. The number of likely N-dealkylation sites (tertiary alicyclic amines) is 1. The van der Waals surface area contributed by atoms with Crippen LogP contribution in [0, 0.1) is 5.82 Å². The van der Waals surface area contributed by atoms with Crippen molar-refractivity contribution in [1.29, 1.82) is 0 Å². The Kier molecular flexibility index (Phi) is 4.84. The minimum absolute atomic E-state index is 0.0694. The Hall–Kier alpha value is -2.47. The monoisotopic (exact) mass is 370 g/mol. The molecule has 3 aromatic rings. The van der Waals surface area contributed by atoms with Gasteiger partial charge in [0.1, 0.15) is 11.6 Å². The van der Waals surface area contributed by atoms with Crippen LogP contribution in [0.1, 0.15) is 23.8 Å². The zero-order valence-electron chi connectivity index (χ0n) is 14.2. The Bertz CT molecular complexity index is 894. The summed E-state index contributed by atoms with van der Waals surface area (Å²) < 4.78 is 19.8. The van der Waals surface area contributed by atoms with E-state index in [2.05, 4.69) is 6.07 Å². The maximum atomic E-state index is 13.2. The maximum Gasteiger partial charge on any atom is 0.260 e. The van der Waals surface area contributed by atoms with Crippen LogP contribution in [0.15, 0.2) is 48.5 Å². The molecule has 1 fully saturated rings. The number of hydrogen-bond donors (Lipinski definition) is 0. The van der Waals surface area contributed by atoms with Crippen LogP contribution >= 0.6 is 11.3 Å².